The second-order valence-electron chi connectivity index (χ2n) is 8.18. The highest BCUT2D eigenvalue weighted by molar-refractivity contribution is 7.96. The minimum Gasteiger partial charge on any atom is -0.370 e. The smallest absolute Gasteiger partial charge is 0.230 e. The van der Waals surface area contributed by atoms with Crippen LogP contribution < -0.4 is 5.73 Å². The summed E-state index contributed by atoms with van der Waals surface area (Å²) in [5.41, 5.74) is 5.49. The zero-order chi connectivity index (χ0) is 19.1. The number of rotatable bonds is 9. The Bertz CT molecular complexity index is 580. The van der Waals surface area contributed by atoms with Gasteiger partial charge in [0.15, 0.2) is 5.82 Å². The van der Waals surface area contributed by atoms with Gasteiger partial charge < -0.3 is 10.3 Å². The Hall–Kier alpha value is -1.08. The largest absolute Gasteiger partial charge is 0.370 e. The van der Waals surface area contributed by atoms with Gasteiger partial charge in [0, 0.05) is 31.3 Å². The van der Waals surface area contributed by atoms with Crippen LogP contribution in [0.2, 0.25) is 0 Å². The number of primary amides is 1. The van der Waals surface area contributed by atoms with Gasteiger partial charge in [-0.2, -0.15) is 4.98 Å². The van der Waals surface area contributed by atoms with E-state index in [9.17, 15) is 4.79 Å². The minimum absolute atomic E-state index is 0.0290. The van der Waals surface area contributed by atoms with Crippen molar-refractivity contribution in [2.75, 3.05) is 19.3 Å². The van der Waals surface area contributed by atoms with E-state index in [1.54, 1.807) is 11.9 Å². The molecule has 2 fully saturated rings. The molecule has 0 aromatic carbocycles. The van der Waals surface area contributed by atoms with Crippen LogP contribution in [0.3, 0.4) is 0 Å². The summed E-state index contributed by atoms with van der Waals surface area (Å²) in [5, 5.41) is 4.25. The van der Waals surface area contributed by atoms with Crippen LogP contribution in [-0.4, -0.2) is 39.7 Å². The number of nitrogens with two attached hydrogens (primary N) is 1. The van der Waals surface area contributed by atoms with Gasteiger partial charge >= 0.3 is 0 Å². The van der Waals surface area contributed by atoms with Gasteiger partial charge in [0.2, 0.25) is 11.8 Å². The number of piperidine rings is 1. The van der Waals surface area contributed by atoms with E-state index >= 15 is 0 Å². The maximum atomic E-state index is 11.6. The molecule has 1 aliphatic carbocycles. The monoisotopic (exact) mass is 394 g/mol. The second kappa shape index (κ2) is 10.5. The Kier molecular flexibility index (Phi) is 8.00. The Balaban J connectivity index is 1.54. The zero-order valence-electron chi connectivity index (χ0n) is 16.6. The van der Waals surface area contributed by atoms with Crippen molar-refractivity contribution in [3.8, 4) is 0 Å². The molecule has 27 heavy (non-hydrogen) atoms. The van der Waals surface area contributed by atoms with Gasteiger partial charge in [-0.15, -0.1) is 0 Å². The van der Waals surface area contributed by atoms with E-state index in [4.69, 9.17) is 15.2 Å². The molecular weight excluding hydrogens is 360 g/mol. The van der Waals surface area contributed by atoms with E-state index in [0.29, 0.717) is 18.2 Å². The molecule has 1 saturated heterocycles. The van der Waals surface area contributed by atoms with Gasteiger partial charge in [0.05, 0.1) is 0 Å². The van der Waals surface area contributed by atoms with E-state index in [0.717, 1.165) is 50.5 Å². The molecule has 2 N–H and O–H groups in total. The van der Waals surface area contributed by atoms with Crippen LogP contribution >= 0.6 is 11.9 Å². The molecule has 1 aromatic rings. The van der Waals surface area contributed by atoms with Crippen LogP contribution in [0, 0.1) is 5.92 Å². The Morgan fingerprint density at radius 2 is 2.00 bits per heavy atom. The normalized spacial score (nSPS) is 21.4. The van der Waals surface area contributed by atoms with E-state index in [1.807, 2.05) is 0 Å². The predicted octanol–water partition coefficient (Wildman–Crippen LogP) is 4.24. The van der Waals surface area contributed by atoms with E-state index in [-0.39, 0.29) is 11.8 Å². The molecule has 152 valence electrons. The molecule has 0 unspecified atom stereocenters. The van der Waals surface area contributed by atoms with Gasteiger partial charge in [-0.1, -0.05) is 62.1 Å². The van der Waals surface area contributed by atoms with Crippen molar-refractivity contribution in [2.24, 2.45) is 11.7 Å². The fourth-order valence-corrected chi connectivity index (χ4v) is 5.14. The molecule has 0 spiro atoms. The molecule has 1 amide bonds. The zero-order valence-corrected chi connectivity index (χ0v) is 17.4. The summed E-state index contributed by atoms with van der Waals surface area (Å²) in [6.07, 6.45) is 14.6. The van der Waals surface area contributed by atoms with Crippen LogP contribution in [0.15, 0.2) is 4.52 Å². The van der Waals surface area contributed by atoms with Crippen molar-refractivity contribution in [1.29, 1.82) is 0 Å². The Labute approximate surface area is 167 Å². The number of amides is 1. The fourth-order valence-electron chi connectivity index (χ4n) is 4.56. The lowest BCUT2D eigenvalue weighted by atomic mass is 9.84. The average Bonchev–Trinajstić information content (AvgIpc) is 3.18. The summed E-state index contributed by atoms with van der Waals surface area (Å²) in [4.78, 5) is 16.2. The third-order valence-corrected chi connectivity index (χ3v) is 7.10. The molecule has 7 heteroatoms. The summed E-state index contributed by atoms with van der Waals surface area (Å²) < 4.78 is 7.96. The molecule has 1 aliphatic heterocycles. The van der Waals surface area contributed by atoms with Crippen molar-refractivity contribution in [3.63, 3.8) is 0 Å². The van der Waals surface area contributed by atoms with Crippen molar-refractivity contribution < 1.29 is 9.32 Å². The SMILES string of the molecule is CSN1CCC(c2noc([C@H](CCCC3CCCCC3)CC(N)=O)n2)CC1. The van der Waals surface area contributed by atoms with E-state index in [2.05, 4.69) is 15.7 Å². The standard InChI is InChI=1S/C20H34N4O2S/c1-27-24-12-10-16(11-13-24)19-22-20(26-23-19)17(14-18(21)25)9-5-8-15-6-3-2-4-7-15/h15-17H,2-14H2,1H3,(H2,21,25)/t17-/m1/s1. The number of hydrogen-bond acceptors (Lipinski definition) is 6. The van der Waals surface area contributed by atoms with Crippen LogP contribution in [0.4, 0.5) is 0 Å². The third-order valence-electron chi connectivity index (χ3n) is 6.22. The summed E-state index contributed by atoms with van der Waals surface area (Å²) in [7, 11) is 0. The summed E-state index contributed by atoms with van der Waals surface area (Å²) in [6.45, 7) is 2.11. The highest BCUT2D eigenvalue weighted by Crippen LogP contribution is 2.33. The van der Waals surface area contributed by atoms with Gasteiger partial charge in [-0.25, -0.2) is 0 Å². The number of carbonyl (C=O) groups excluding carboxylic acids is 1. The number of carbonyl (C=O) groups is 1. The first-order valence-corrected chi connectivity index (χ1v) is 11.7. The van der Waals surface area contributed by atoms with E-state index < -0.39 is 0 Å². The quantitative estimate of drug-likeness (QED) is 0.631. The number of aromatic nitrogens is 2. The first kappa shape index (κ1) is 20.6. The molecule has 3 rings (SSSR count). The highest BCUT2D eigenvalue weighted by Gasteiger charge is 2.27. The van der Waals surface area contributed by atoms with Crippen LogP contribution in [0.25, 0.3) is 0 Å². The van der Waals surface area contributed by atoms with Crippen molar-refractivity contribution in [3.05, 3.63) is 11.7 Å². The topological polar surface area (TPSA) is 85.3 Å². The number of nitrogens with zero attached hydrogens (tertiary/aromatic N) is 3. The Morgan fingerprint density at radius 1 is 1.26 bits per heavy atom. The molecule has 2 heterocycles. The first-order chi connectivity index (χ1) is 13.2. The molecule has 6 nitrogen and oxygen atoms in total. The fraction of sp³-hybridized carbons (Fsp3) is 0.850. The maximum Gasteiger partial charge on any atom is 0.230 e. The second-order valence-corrected chi connectivity index (χ2v) is 9.06. The van der Waals surface area contributed by atoms with Crippen LogP contribution in [0.1, 0.15) is 94.2 Å². The van der Waals surface area contributed by atoms with Gasteiger partial charge in [0.1, 0.15) is 0 Å². The van der Waals surface area contributed by atoms with Crippen molar-refractivity contribution in [1.82, 2.24) is 14.4 Å². The van der Waals surface area contributed by atoms with Gasteiger partial charge in [0.25, 0.3) is 0 Å². The molecule has 0 bridgehead atoms. The van der Waals surface area contributed by atoms with Gasteiger partial charge in [-0.05, 0) is 31.4 Å². The molecule has 1 saturated carbocycles. The summed E-state index contributed by atoms with van der Waals surface area (Å²) in [5.74, 6) is 2.33. The van der Waals surface area contributed by atoms with Gasteiger partial charge in [-0.3, -0.25) is 9.10 Å². The highest BCUT2D eigenvalue weighted by atomic mass is 32.2. The molecule has 1 atom stereocenters. The summed E-state index contributed by atoms with van der Waals surface area (Å²) >= 11 is 1.80. The summed E-state index contributed by atoms with van der Waals surface area (Å²) in [6, 6.07) is 0. The van der Waals surface area contributed by atoms with Crippen LogP contribution in [0.5, 0.6) is 0 Å². The van der Waals surface area contributed by atoms with Crippen molar-refractivity contribution >= 4 is 17.9 Å². The molecular formula is C20H34N4O2S. The maximum absolute atomic E-state index is 11.6. The molecule has 1 aromatic heterocycles. The van der Waals surface area contributed by atoms with E-state index in [1.165, 1.54) is 38.5 Å². The number of hydrogen-bond donors (Lipinski definition) is 1. The first-order valence-electron chi connectivity index (χ1n) is 10.6. The lowest BCUT2D eigenvalue weighted by Crippen LogP contribution is -2.27. The lowest BCUT2D eigenvalue weighted by molar-refractivity contribution is -0.118. The molecule has 2 aliphatic rings. The van der Waals surface area contributed by atoms with Crippen molar-refractivity contribution in [2.45, 2.75) is 82.5 Å². The van der Waals surface area contributed by atoms with Crippen LogP contribution in [-0.2, 0) is 4.79 Å². The lowest BCUT2D eigenvalue weighted by Gasteiger charge is -2.28. The minimum atomic E-state index is -0.286. The predicted molar refractivity (Wildman–Crippen MR) is 108 cm³/mol. The molecule has 0 radical (unpaired) electrons. The average molecular weight is 395 g/mol. The third kappa shape index (κ3) is 6.21. The Morgan fingerprint density at radius 3 is 2.67 bits per heavy atom.